The second kappa shape index (κ2) is 7.24. The highest BCUT2D eigenvalue weighted by atomic mass is 31.2. The van der Waals surface area contributed by atoms with Gasteiger partial charge in [0.05, 0.1) is 25.6 Å². The summed E-state index contributed by atoms with van der Waals surface area (Å²) in [6.45, 7) is 0.164. The van der Waals surface area contributed by atoms with Gasteiger partial charge in [0.15, 0.2) is 11.2 Å². The number of hydrogen-bond donors (Lipinski definition) is 2. The molecule has 13 heteroatoms. The molecular formula is C17H16F2N5O5P. The van der Waals surface area contributed by atoms with Crippen LogP contribution in [0, 0.1) is 0 Å². The zero-order valence-electron chi connectivity index (χ0n) is 15.3. The van der Waals surface area contributed by atoms with E-state index in [2.05, 4.69) is 15.0 Å². The molecular weight excluding hydrogens is 423 g/mol. The number of aromatic amines is 1. The van der Waals surface area contributed by atoms with E-state index in [0.717, 1.165) is 16.5 Å². The highest BCUT2D eigenvalue weighted by molar-refractivity contribution is 7.42. The van der Waals surface area contributed by atoms with Gasteiger partial charge in [-0.15, -0.1) is 0 Å². The van der Waals surface area contributed by atoms with Crippen molar-refractivity contribution in [2.75, 3.05) is 12.3 Å². The molecule has 3 N–H and O–H groups in total. The van der Waals surface area contributed by atoms with Crippen LogP contribution in [0.5, 0.6) is 5.75 Å². The van der Waals surface area contributed by atoms with Gasteiger partial charge in [-0.2, -0.15) is 4.98 Å². The number of alkyl halides is 2. The summed E-state index contributed by atoms with van der Waals surface area (Å²) in [5.74, 6) is -2.80. The third-order valence-corrected chi connectivity index (χ3v) is 5.77. The Hall–Kier alpha value is -2.66. The number of nitrogen functional groups attached to an aromatic ring is 1. The van der Waals surface area contributed by atoms with E-state index < -0.39 is 38.8 Å². The Morgan fingerprint density at radius 2 is 2.23 bits per heavy atom. The molecule has 2 aliphatic rings. The number of nitrogens with two attached hydrogens (primary N) is 1. The first kappa shape index (κ1) is 19.3. The third kappa shape index (κ3) is 3.41. The largest absolute Gasteiger partial charge is 0.426 e. The summed E-state index contributed by atoms with van der Waals surface area (Å²) >= 11 is 0. The topological polar surface area (TPSA) is 127 Å². The summed E-state index contributed by atoms with van der Waals surface area (Å²) in [5.41, 5.74) is 5.61. The molecule has 5 rings (SSSR count). The highest BCUT2D eigenvalue weighted by Crippen LogP contribution is 2.49. The first-order valence-electron chi connectivity index (χ1n) is 8.98. The molecule has 0 aliphatic carbocycles. The molecule has 1 fully saturated rings. The number of nitrogens with one attached hydrogen (secondary N) is 1. The number of benzene rings is 1. The van der Waals surface area contributed by atoms with Crippen molar-refractivity contribution in [2.24, 2.45) is 0 Å². The SMILES string of the molecule is Nc1nc2c(ncn2C2OC(COP3OCc4ccccc4O3)CC2(F)F)c(=O)[nH]1. The standard InChI is InChI=1S/C17H16F2N5O5P/c18-17(19)5-10(7-27-30-26-6-9-3-1-2-4-11(9)29-30)28-15(17)24-8-21-12-13(24)22-16(20)23-14(12)25/h1-4,8,10,15H,5-7H2,(H3,20,22,23,25). The molecule has 0 amide bonds. The minimum absolute atomic E-state index is 0.0811. The molecule has 1 aromatic carbocycles. The number of fused-ring (bicyclic) bond motifs is 2. The number of aromatic nitrogens is 4. The zero-order chi connectivity index (χ0) is 20.9. The van der Waals surface area contributed by atoms with E-state index in [0.29, 0.717) is 12.4 Å². The van der Waals surface area contributed by atoms with E-state index in [1.807, 2.05) is 18.2 Å². The van der Waals surface area contributed by atoms with Crippen LogP contribution in [0.4, 0.5) is 14.7 Å². The average molecular weight is 439 g/mol. The Morgan fingerprint density at radius 3 is 3.10 bits per heavy atom. The Balaban J connectivity index is 1.29. The van der Waals surface area contributed by atoms with Gasteiger partial charge in [-0.1, -0.05) is 18.2 Å². The molecule has 3 atom stereocenters. The molecule has 0 saturated carbocycles. The number of imidazole rings is 1. The van der Waals surface area contributed by atoms with E-state index in [9.17, 15) is 13.6 Å². The summed E-state index contributed by atoms with van der Waals surface area (Å²) in [6, 6.07) is 7.35. The number of halogens is 2. The van der Waals surface area contributed by atoms with Crippen molar-refractivity contribution in [2.45, 2.75) is 31.3 Å². The van der Waals surface area contributed by atoms with Crippen LogP contribution < -0.4 is 15.8 Å². The Bertz CT molecular complexity index is 1160. The van der Waals surface area contributed by atoms with Gasteiger partial charge in [-0.25, -0.2) is 13.8 Å². The molecule has 1 saturated heterocycles. The summed E-state index contributed by atoms with van der Waals surface area (Å²) in [7, 11) is -1.72. The van der Waals surface area contributed by atoms with Crippen LogP contribution in [0.1, 0.15) is 18.2 Å². The summed E-state index contributed by atoms with van der Waals surface area (Å²) < 4.78 is 52.6. The average Bonchev–Trinajstić information content (AvgIpc) is 3.26. The monoisotopic (exact) mass is 439 g/mol. The molecule has 4 heterocycles. The lowest BCUT2D eigenvalue weighted by molar-refractivity contribution is -0.116. The van der Waals surface area contributed by atoms with Crippen molar-refractivity contribution in [3.8, 4) is 5.75 Å². The predicted molar refractivity (Wildman–Crippen MR) is 101 cm³/mol. The lowest BCUT2D eigenvalue weighted by Gasteiger charge is -2.24. The van der Waals surface area contributed by atoms with Crippen LogP contribution in [-0.2, 0) is 20.4 Å². The Labute approximate surface area is 168 Å². The quantitative estimate of drug-likeness (QED) is 0.594. The minimum Gasteiger partial charge on any atom is -0.426 e. The molecule has 0 radical (unpaired) electrons. The molecule has 3 unspecified atom stereocenters. The van der Waals surface area contributed by atoms with Gasteiger partial charge < -0.3 is 15.0 Å². The van der Waals surface area contributed by atoms with Gasteiger partial charge in [-0.3, -0.25) is 23.4 Å². The van der Waals surface area contributed by atoms with Gasteiger partial charge in [0.25, 0.3) is 11.5 Å². The summed E-state index contributed by atoms with van der Waals surface area (Å²) in [6.07, 6.45) is -2.13. The number of nitrogens with zero attached hydrogens (tertiary/aromatic N) is 3. The van der Waals surface area contributed by atoms with Gasteiger partial charge >= 0.3 is 8.60 Å². The van der Waals surface area contributed by atoms with Crippen molar-refractivity contribution in [1.82, 2.24) is 19.5 Å². The van der Waals surface area contributed by atoms with Crippen molar-refractivity contribution < 1.29 is 27.1 Å². The maximum atomic E-state index is 14.7. The number of hydrogen-bond acceptors (Lipinski definition) is 8. The second-order valence-electron chi connectivity index (χ2n) is 6.84. The molecule has 10 nitrogen and oxygen atoms in total. The van der Waals surface area contributed by atoms with Gasteiger partial charge in [0.2, 0.25) is 12.2 Å². The van der Waals surface area contributed by atoms with Crippen molar-refractivity contribution in [3.63, 3.8) is 0 Å². The fraction of sp³-hybridized carbons (Fsp3) is 0.353. The van der Waals surface area contributed by atoms with Crippen LogP contribution in [0.2, 0.25) is 0 Å². The van der Waals surface area contributed by atoms with E-state index in [1.165, 1.54) is 0 Å². The number of ether oxygens (including phenoxy) is 1. The Kier molecular flexibility index (Phi) is 4.66. The van der Waals surface area contributed by atoms with Gasteiger partial charge in [0, 0.05) is 12.0 Å². The van der Waals surface area contributed by atoms with Gasteiger partial charge in [0.1, 0.15) is 5.75 Å². The second-order valence-corrected chi connectivity index (χ2v) is 7.99. The smallest absolute Gasteiger partial charge is 0.397 e. The molecule has 0 spiro atoms. The number of anilines is 1. The fourth-order valence-electron chi connectivity index (χ4n) is 3.36. The van der Waals surface area contributed by atoms with E-state index in [1.54, 1.807) is 6.07 Å². The molecule has 0 bridgehead atoms. The number of rotatable bonds is 4. The van der Waals surface area contributed by atoms with Crippen LogP contribution in [-0.4, -0.2) is 38.2 Å². The number of para-hydroxylation sites is 1. The zero-order valence-corrected chi connectivity index (χ0v) is 16.2. The van der Waals surface area contributed by atoms with Crippen molar-refractivity contribution >= 4 is 25.7 Å². The first-order valence-corrected chi connectivity index (χ1v) is 10.1. The van der Waals surface area contributed by atoms with Crippen LogP contribution >= 0.6 is 8.60 Å². The number of H-pyrrole nitrogens is 1. The molecule has 158 valence electrons. The maximum Gasteiger partial charge on any atom is 0.397 e. The first-order chi connectivity index (χ1) is 14.4. The van der Waals surface area contributed by atoms with E-state index in [4.69, 9.17) is 24.0 Å². The van der Waals surface area contributed by atoms with Gasteiger partial charge in [-0.05, 0) is 6.07 Å². The normalized spacial score (nSPS) is 25.2. The van der Waals surface area contributed by atoms with E-state index in [-0.39, 0.29) is 23.7 Å². The van der Waals surface area contributed by atoms with Crippen LogP contribution in [0.3, 0.4) is 0 Å². The van der Waals surface area contributed by atoms with E-state index >= 15 is 0 Å². The lowest BCUT2D eigenvalue weighted by atomic mass is 10.2. The molecule has 30 heavy (non-hydrogen) atoms. The highest BCUT2D eigenvalue weighted by Gasteiger charge is 2.52. The molecule has 3 aromatic rings. The third-order valence-electron chi connectivity index (χ3n) is 4.72. The van der Waals surface area contributed by atoms with Crippen molar-refractivity contribution in [3.05, 3.63) is 46.5 Å². The van der Waals surface area contributed by atoms with Crippen LogP contribution in [0.15, 0.2) is 35.4 Å². The predicted octanol–water partition coefficient (Wildman–Crippen LogP) is 2.48. The summed E-state index contributed by atoms with van der Waals surface area (Å²) in [4.78, 5) is 21.9. The summed E-state index contributed by atoms with van der Waals surface area (Å²) in [5, 5.41) is 0. The Morgan fingerprint density at radius 1 is 1.40 bits per heavy atom. The maximum absolute atomic E-state index is 14.7. The fourth-order valence-corrected chi connectivity index (χ4v) is 4.42. The van der Waals surface area contributed by atoms with Crippen molar-refractivity contribution in [1.29, 1.82) is 0 Å². The molecule has 2 aromatic heterocycles. The lowest BCUT2D eigenvalue weighted by Crippen LogP contribution is -2.26. The minimum atomic E-state index is -3.24. The molecule has 2 aliphatic heterocycles. The van der Waals surface area contributed by atoms with Crippen LogP contribution in [0.25, 0.3) is 11.2 Å².